The minimum absolute atomic E-state index is 0.215. The monoisotopic (exact) mass is 226 g/mol. The molecule has 0 amide bonds. The molecule has 0 aromatic carbocycles. The van der Waals surface area contributed by atoms with Gasteiger partial charge in [0.05, 0.1) is 18.3 Å². The third-order valence-corrected chi connectivity index (χ3v) is 3.35. The van der Waals surface area contributed by atoms with E-state index in [0.29, 0.717) is 12.5 Å². The molecule has 90 valence electrons. The van der Waals surface area contributed by atoms with Gasteiger partial charge in [0.1, 0.15) is 0 Å². The second kappa shape index (κ2) is 4.97. The van der Waals surface area contributed by atoms with Gasteiger partial charge in [0.15, 0.2) is 0 Å². The van der Waals surface area contributed by atoms with Crippen LogP contribution in [0.15, 0.2) is 12.2 Å². The summed E-state index contributed by atoms with van der Waals surface area (Å²) in [6.07, 6.45) is 7.74. The molecule has 16 heavy (non-hydrogen) atoms. The minimum Gasteiger partial charge on any atom is -0.481 e. The first-order valence-corrected chi connectivity index (χ1v) is 5.89. The maximum Gasteiger partial charge on any atom is 0.303 e. The Hall–Kier alpha value is -0.870. The van der Waals surface area contributed by atoms with Gasteiger partial charge in [0.25, 0.3) is 0 Å². The highest BCUT2D eigenvalue weighted by Crippen LogP contribution is 2.44. The Morgan fingerprint density at radius 3 is 2.88 bits per heavy atom. The Bertz CT molecular complexity index is 285. The zero-order chi connectivity index (χ0) is 11.5. The number of ether oxygens (including phenoxy) is 1. The molecule has 1 saturated carbocycles. The third-order valence-electron chi connectivity index (χ3n) is 3.35. The number of epoxide rings is 1. The van der Waals surface area contributed by atoms with Gasteiger partial charge in [0, 0.05) is 18.8 Å². The number of hydrogen-bond acceptors (Lipinski definition) is 3. The van der Waals surface area contributed by atoms with Crippen molar-refractivity contribution in [3.63, 3.8) is 0 Å². The van der Waals surface area contributed by atoms with Gasteiger partial charge >= 0.3 is 5.97 Å². The molecule has 4 nitrogen and oxygen atoms in total. The highest BCUT2D eigenvalue weighted by atomic mass is 16.6. The Balaban J connectivity index is 1.60. The number of aliphatic carboxylic acids is 1. The summed E-state index contributed by atoms with van der Waals surface area (Å²) in [6, 6.07) is 0. The van der Waals surface area contributed by atoms with Crippen molar-refractivity contribution in [2.75, 3.05) is 0 Å². The number of carbonyl (C=O) groups is 1. The molecule has 1 aliphatic heterocycles. The molecule has 0 spiro atoms. The van der Waals surface area contributed by atoms with Gasteiger partial charge in [0.2, 0.25) is 0 Å². The SMILES string of the molecule is O=C(O)CCC/C=C\CC1C(O)CC2OC21. The molecular weight excluding hydrogens is 208 g/mol. The summed E-state index contributed by atoms with van der Waals surface area (Å²) in [5.41, 5.74) is 0. The molecule has 1 saturated heterocycles. The highest BCUT2D eigenvalue weighted by molar-refractivity contribution is 5.66. The van der Waals surface area contributed by atoms with E-state index in [-0.39, 0.29) is 24.5 Å². The summed E-state index contributed by atoms with van der Waals surface area (Å²) in [6.45, 7) is 0. The van der Waals surface area contributed by atoms with Crippen molar-refractivity contribution in [2.24, 2.45) is 5.92 Å². The topological polar surface area (TPSA) is 70.1 Å². The molecule has 0 bridgehead atoms. The summed E-state index contributed by atoms with van der Waals surface area (Å²) in [4.78, 5) is 10.3. The lowest BCUT2D eigenvalue weighted by atomic mass is 10.00. The van der Waals surface area contributed by atoms with Gasteiger partial charge in [-0.3, -0.25) is 4.79 Å². The number of aliphatic hydroxyl groups is 1. The second-order valence-corrected chi connectivity index (χ2v) is 4.60. The molecule has 1 aliphatic carbocycles. The highest BCUT2D eigenvalue weighted by Gasteiger charge is 2.54. The van der Waals surface area contributed by atoms with Crippen molar-refractivity contribution in [3.8, 4) is 0 Å². The maximum absolute atomic E-state index is 10.3. The smallest absolute Gasteiger partial charge is 0.303 e. The number of rotatable bonds is 6. The van der Waals surface area contributed by atoms with Crippen molar-refractivity contribution >= 4 is 5.97 Å². The van der Waals surface area contributed by atoms with E-state index in [0.717, 1.165) is 19.3 Å². The first kappa shape index (κ1) is 11.6. The van der Waals surface area contributed by atoms with Gasteiger partial charge < -0.3 is 14.9 Å². The Kier molecular flexibility index (Phi) is 3.61. The molecule has 0 radical (unpaired) electrons. The van der Waals surface area contributed by atoms with E-state index >= 15 is 0 Å². The van der Waals surface area contributed by atoms with E-state index < -0.39 is 5.97 Å². The predicted molar refractivity (Wildman–Crippen MR) is 58.0 cm³/mol. The number of hydrogen-bond donors (Lipinski definition) is 2. The van der Waals surface area contributed by atoms with Gasteiger partial charge in [-0.15, -0.1) is 0 Å². The molecule has 4 heteroatoms. The lowest BCUT2D eigenvalue weighted by molar-refractivity contribution is -0.137. The second-order valence-electron chi connectivity index (χ2n) is 4.60. The van der Waals surface area contributed by atoms with E-state index in [1.54, 1.807) is 0 Å². The molecule has 4 unspecified atom stereocenters. The first-order chi connectivity index (χ1) is 7.68. The van der Waals surface area contributed by atoms with Crippen LogP contribution >= 0.6 is 0 Å². The molecular formula is C12H18O4. The van der Waals surface area contributed by atoms with Crippen molar-refractivity contribution < 1.29 is 19.7 Å². The molecule has 2 N–H and O–H groups in total. The van der Waals surface area contributed by atoms with Crippen molar-refractivity contribution in [1.29, 1.82) is 0 Å². The van der Waals surface area contributed by atoms with E-state index in [1.807, 2.05) is 12.2 Å². The standard InChI is InChI=1S/C12H18O4/c13-9-7-10-12(16-10)8(9)5-3-1-2-4-6-11(14)15/h1,3,8-10,12-13H,2,4-7H2,(H,14,15)/b3-1-. The Labute approximate surface area is 94.9 Å². The summed E-state index contributed by atoms with van der Waals surface area (Å²) in [7, 11) is 0. The number of aliphatic hydroxyl groups excluding tert-OH is 1. The molecule has 0 aromatic heterocycles. The molecule has 0 aromatic rings. The van der Waals surface area contributed by atoms with Crippen LogP contribution in [-0.2, 0) is 9.53 Å². The number of unbranched alkanes of at least 4 members (excludes halogenated alkanes) is 1. The van der Waals surface area contributed by atoms with Crippen LogP contribution in [0.1, 0.15) is 32.1 Å². The fourth-order valence-electron chi connectivity index (χ4n) is 2.39. The molecule has 2 rings (SSSR count). The van der Waals surface area contributed by atoms with Gasteiger partial charge in [-0.2, -0.15) is 0 Å². The summed E-state index contributed by atoms with van der Waals surface area (Å²) >= 11 is 0. The number of carboxylic acid groups (broad SMARTS) is 1. The fraction of sp³-hybridized carbons (Fsp3) is 0.750. The van der Waals surface area contributed by atoms with Crippen LogP contribution in [0.5, 0.6) is 0 Å². The van der Waals surface area contributed by atoms with Gasteiger partial charge in [-0.25, -0.2) is 0 Å². The molecule has 2 aliphatic rings. The van der Waals surface area contributed by atoms with Crippen LogP contribution in [0.25, 0.3) is 0 Å². The minimum atomic E-state index is -0.742. The molecule has 1 heterocycles. The van der Waals surface area contributed by atoms with Crippen molar-refractivity contribution in [1.82, 2.24) is 0 Å². The van der Waals surface area contributed by atoms with Crippen LogP contribution in [0.4, 0.5) is 0 Å². The quantitative estimate of drug-likeness (QED) is 0.407. The van der Waals surface area contributed by atoms with E-state index in [1.165, 1.54) is 0 Å². The fourth-order valence-corrected chi connectivity index (χ4v) is 2.39. The first-order valence-electron chi connectivity index (χ1n) is 5.89. The summed E-state index contributed by atoms with van der Waals surface area (Å²) in [5.74, 6) is -0.491. The Morgan fingerprint density at radius 2 is 2.25 bits per heavy atom. The van der Waals surface area contributed by atoms with Crippen LogP contribution in [0, 0.1) is 5.92 Å². The number of fused-ring (bicyclic) bond motifs is 1. The van der Waals surface area contributed by atoms with Crippen LogP contribution in [0.2, 0.25) is 0 Å². The average molecular weight is 226 g/mol. The largest absolute Gasteiger partial charge is 0.481 e. The van der Waals surface area contributed by atoms with E-state index in [2.05, 4.69) is 0 Å². The van der Waals surface area contributed by atoms with E-state index in [4.69, 9.17) is 9.84 Å². The zero-order valence-electron chi connectivity index (χ0n) is 9.21. The maximum atomic E-state index is 10.3. The van der Waals surface area contributed by atoms with Gasteiger partial charge in [-0.1, -0.05) is 12.2 Å². The summed E-state index contributed by atoms with van der Waals surface area (Å²) in [5, 5.41) is 18.1. The van der Waals surface area contributed by atoms with Gasteiger partial charge in [-0.05, 0) is 19.3 Å². The van der Waals surface area contributed by atoms with Crippen LogP contribution in [0.3, 0.4) is 0 Å². The van der Waals surface area contributed by atoms with Crippen molar-refractivity contribution in [3.05, 3.63) is 12.2 Å². The van der Waals surface area contributed by atoms with E-state index in [9.17, 15) is 9.90 Å². The third kappa shape index (κ3) is 2.83. The van der Waals surface area contributed by atoms with Crippen LogP contribution < -0.4 is 0 Å². The Morgan fingerprint density at radius 1 is 1.44 bits per heavy atom. The average Bonchev–Trinajstić information content (AvgIpc) is 2.89. The number of carboxylic acids is 1. The number of allylic oxidation sites excluding steroid dienone is 2. The summed E-state index contributed by atoms with van der Waals surface area (Å²) < 4.78 is 5.37. The lowest BCUT2D eigenvalue weighted by Crippen LogP contribution is -2.19. The molecule has 2 fully saturated rings. The molecule has 4 atom stereocenters. The normalized spacial score (nSPS) is 36.6. The lowest BCUT2D eigenvalue weighted by Gasteiger charge is -2.13. The van der Waals surface area contributed by atoms with Crippen molar-refractivity contribution in [2.45, 2.75) is 50.4 Å². The zero-order valence-corrected chi connectivity index (χ0v) is 9.21. The predicted octanol–water partition coefficient (Wildman–Crippen LogP) is 1.34. The van der Waals surface area contributed by atoms with Crippen LogP contribution in [-0.4, -0.2) is 34.5 Å².